The Hall–Kier alpha value is -1.09. The average molecular weight is 221 g/mol. The first-order valence-corrected chi connectivity index (χ1v) is 5.93. The van der Waals surface area contributed by atoms with Crippen LogP contribution in [0.5, 0.6) is 0 Å². The van der Waals surface area contributed by atoms with Crippen LogP contribution in [0, 0.1) is 5.92 Å². The summed E-state index contributed by atoms with van der Waals surface area (Å²) < 4.78 is 0. The molecule has 1 aromatic heterocycles. The van der Waals surface area contributed by atoms with Gasteiger partial charge in [0.2, 0.25) is 0 Å². The predicted octanol–water partition coefficient (Wildman–Crippen LogP) is 2.60. The molecule has 0 fully saturated rings. The van der Waals surface area contributed by atoms with Crippen molar-refractivity contribution < 1.29 is 0 Å². The summed E-state index contributed by atoms with van der Waals surface area (Å²) in [4.78, 5) is 6.65. The first-order chi connectivity index (χ1) is 7.61. The Balaban J connectivity index is 2.40. The van der Waals surface area contributed by atoms with Gasteiger partial charge in [-0.05, 0) is 37.6 Å². The number of aromatic nitrogens is 1. The Morgan fingerprint density at radius 1 is 1.38 bits per heavy atom. The maximum Gasteiger partial charge on any atom is 0.125 e. The monoisotopic (exact) mass is 221 g/mol. The fraction of sp³-hybridized carbons (Fsp3) is 0.615. The molecule has 0 aliphatic heterocycles. The van der Waals surface area contributed by atoms with Gasteiger partial charge in [-0.25, -0.2) is 4.98 Å². The third kappa shape index (κ3) is 4.62. The Labute approximate surface area is 98.9 Å². The standard InChI is InChI=1S/C13H23N3/c1-11(2)7-8-16(4)10-12-5-6-13(14-3)15-9-12/h5-6,9,11H,7-8,10H2,1-4H3,(H,14,15). The normalized spacial score (nSPS) is 11.1. The van der Waals surface area contributed by atoms with Crippen LogP contribution in [0.1, 0.15) is 25.8 Å². The van der Waals surface area contributed by atoms with Gasteiger partial charge in [0.1, 0.15) is 5.82 Å². The van der Waals surface area contributed by atoms with Crippen LogP contribution in [0.2, 0.25) is 0 Å². The second-order valence-corrected chi connectivity index (χ2v) is 4.72. The van der Waals surface area contributed by atoms with Gasteiger partial charge in [0.25, 0.3) is 0 Å². The largest absolute Gasteiger partial charge is 0.373 e. The van der Waals surface area contributed by atoms with Gasteiger partial charge < -0.3 is 10.2 Å². The Morgan fingerprint density at radius 2 is 2.12 bits per heavy atom. The molecule has 90 valence electrons. The molecule has 0 amide bonds. The summed E-state index contributed by atoms with van der Waals surface area (Å²) in [6, 6.07) is 4.15. The summed E-state index contributed by atoms with van der Waals surface area (Å²) in [5.74, 6) is 1.70. The van der Waals surface area contributed by atoms with Crippen molar-refractivity contribution in [3.05, 3.63) is 23.9 Å². The lowest BCUT2D eigenvalue weighted by Crippen LogP contribution is -2.20. The average Bonchev–Trinajstić information content (AvgIpc) is 2.27. The molecule has 3 heteroatoms. The molecule has 0 aliphatic carbocycles. The van der Waals surface area contributed by atoms with Gasteiger partial charge in [0.05, 0.1) is 0 Å². The number of hydrogen-bond donors (Lipinski definition) is 1. The molecular weight excluding hydrogens is 198 g/mol. The Bertz CT molecular complexity index is 293. The molecule has 0 saturated carbocycles. The van der Waals surface area contributed by atoms with Crippen molar-refractivity contribution in [1.82, 2.24) is 9.88 Å². The van der Waals surface area contributed by atoms with Crippen LogP contribution in [0.25, 0.3) is 0 Å². The number of anilines is 1. The van der Waals surface area contributed by atoms with Crippen LogP contribution in [0.4, 0.5) is 5.82 Å². The minimum absolute atomic E-state index is 0.771. The van der Waals surface area contributed by atoms with Crippen LogP contribution in [0.15, 0.2) is 18.3 Å². The summed E-state index contributed by atoms with van der Waals surface area (Å²) >= 11 is 0. The van der Waals surface area contributed by atoms with Crippen LogP contribution >= 0.6 is 0 Å². The van der Waals surface area contributed by atoms with Gasteiger partial charge in [0, 0.05) is 19.8 Å². The van der Waals surface area contributed by atoms with Crippen molar-refractivity contribution >= 4 is 5.82 Å². The minimum atomic E-state index is 0.771. The molecule has 0 saturated heterocycles. The topological polar surface area (TPSA) is 28.2 Å². The van der Waals surface area contributed by atoms with Crippen molar-refractivity contribution in [2.45, 2.75) is 26.8 Å². The molecule has 1 heterocycles. The first kappa shape index (κ1) is 13.0. The van der Waals surface area contributed by atoms with Crippen LogP contribution < -0.4 is 5.32 Å². The van der Waals surface area contributed by atoms with E-state index in [2.05, 4.69) is 42.2 Å². The van der Waals surface area contributed by atoms with E-state index < -0.39 is 0 Å². The molecule has 0 aliphatic rings. The van der Waals surface area contributed by atoms with Gasteiger partial charge in [-0.15, -0.1) is 0 Å². The summed E-state index contributed by atoms with van der Waals surface area (Å²) in [5, 5.41) is 3.02. The van der Waals surface area contributed by atoms with Crippen molar-refractivity contribution in [2.75, 3.05) is 26.0 Å². The van der Waals surface area contributed by atoms with E-state index in [1.165, 1.54) is 12.0 Å². The number of hydrogen-bond acceptors (Lipinski definition) is 3. The number of nitrogens with one attached hydrogen (secondary N) is 1. The molecule has 0 bridgehead atoms. The zero-order valence-electron chi connectivity index (χ0n) is 10.8. The van der Waals surface area contributed by atoms with E-state index in [1.807, 2.05) is 19.3 Å². The maximum atomic E-state index is 4.31. The van der Waals surface area contributed by atoms with Gasteiger partial charge >= 0.3 is 0 Å². The van der Waals surface area contributed by atoms with Crippen LogP contribution in [0.3, 0.4) is 0 Å². The third-order valence-electron chi connectivity index (χ3n) is 2.62. The van der Waals surface area contributed by atoms with Crippen LogP contribution in [-0.2, 0) is 6.54 Å². The highest BCUT2D eigenvalue weighted by Crippen LogP contribution is 2.08. The van der Waals surface area contributed by atoms with E-state index >= 15 is 0 Å². The summed E-state index contributed by atoms with van der Waals surface area (Å²) in [5.41, 5.74) is 1.27. The fourth-order valence-electron chi connectivity index (χ4n) is 1.54. The summed E-state index contributed by atoms with van der Waals surface area (Å²) in [6.45, 7) is 6.64. The molecule has 1 aromatic rings. The molecular formula is C13H23N3. The summed E-state index contributed by atoms with van der Waals surface area (Å²) in [7, 11) is 4.05. The van der Waals surface area contributed by atoms with E-state index in [1.54, 1.807) is 0 Å². The Kier molecular flexibility index (Phi) is 5.26. The number of rotatable bonds is 6. The molecule has 0 atom stereocenters. The van der Waals surface area contributed by atoms with Gasteiger partial charge in [-0.2, -0.15) is 0 Å². The highest BCUT2D eigenvalue weighted by atomic mass is 15.1. The predicted molar refractivity (Wildman–Crippen MR) is 69.6 cm³/mol. The molecule has 0 aromatic carbocycles. The van der Waals surface area contributed by atoms with E-state index in [0.29, 0.717) is 0 Å². The van der Waals surface area contributed by atoms with Crippen LogP contribution in [-0.4, -0.2) is 30.5 Å². The first-order valence-electron chi connectivity index (χ1n) is 5.93. The zero-order chi connectivity index (χ0) is 12.0. The smallest absolute Gasteiger partial charge is 0.125 e. The molecule has 0 spiro atoms. The molecule has 0 radical (unpaired) electrons. The quantitative estimate of drug-likeness (QED) is 0.800. The second-order valence-electron chi connectivity index (χ2n) is 4.72. The van der Waals surface area contributed by atoms with E-state index in [4.69, 9.17) is 0 Å². The van der Waals surface area contributed by atoms with Gasteiger partial charge in [-0.3, -0.25) is 0 Å². The lowest BCUT2D eigenvalue weighted by molar-refractivity contribution is 0.303. The zero-order valence-corrected chi connectivity index (χ0v) is 10.8. The molecule has 1 N–H and O–H groups in total. The third-order valence-corrected chi connectivity index (χ3v) is 2.62. The highest BCUT2D eigenvalue weighted by Gasteiger charge is 2.02. The molecule has 1 rings (SSSR count). The Morgan fingerprint density at radius 3 is 2.62 bits per heavy atom. The highest BCUT2D eigenvalue weighted by molar-refractivity contribution is 5.34. The molecule has 3 nitrogen and oxygen atoms in total. The van der Waals surface area contributed by atoms with E-state index in [-0.39, 0.29) is 0 Å². The minimum Gasteiger partial charge on any atom is -0.373 e. The van der Waals surface area contributed by atoms with Crippen molar-refractivity contribution in [3.63, 3.8) is 0 Å². The van der Waals surface area contributed by atoms with E-state index in [9.17, 15) is 0 Å². The van der Waals surface area contributed by atoms with Gasteiger partial charge in [0.15, 0.2) is 0 Å². The number of nitrogens with zero attached hydrogens (tertiary/aromatic N) is 2. The van der Waals surface area contributed by atoms with Crippen molar-refractivity contribution in [3.8, 4) is 0 Å². The van der Waals surface area contributed by atoms with Gasteiger partial charge in [-0.1, -0.05) is 19.9 Å². The SMILES string of the molecule is CNc1ccc(CN(C)CCC(C)C)cn1. The van der Waals surface area contributed by atoms with Crippen molar-refractivity contribution in [2.24, 2.45) is 5.92 Å². The summed E-state index contributed by atoms with van der Waals surface area (Å²) in [6.07, 6.45) is 3.19. The number of pyridine rings is 1. The second kappa shape index (κ2) is 6.48. The van der Waals surface area contributed by atoms with Crippen molar-refractivity contribution in [1.29, 1.82) is 0 Å². The van der Waals surface area contributed by atoms with E-state index in [0.717, 1.165) is 24.8 Å². The lowest BCUT2D eigenvalue weighted by atomic mass is 10.1. The lowest BCUT2D eigenvalue weighted by Gasteiger charge is -2.17. The molecule has 0 unspecified atom stereocenters. The fourth-order valence-corrected chi connectivity index (χ4v) is 1.54. The molecule has 16 heavy (non-hydrogen) atoms. The maximum absolute atomic E-state index is 4.31.